The zero-order valence-corrected chi connectivity index (χ0v) is 11.0. The summed E-state index contributed by atoms with van der Waals surface area (Å²) in [6.45, 7) is 0. The van der Waals surface area contributed by atoms with Gasteiger partial charge in [0.05, 0.1) is 17.1 Å². The number of aliphatic carboxylic acids is 1. The van der Waals surface area contributed by atoms with E-state index >= 15 is 0 Å². The first kappa shape index (κ1) is 13.4. The number of hydrogen-bond acceptors (Lipinski definition) is 2. The van der Waals surface area contributed by atoms with E-state index in [4.69, 9.17) is 16.7 Å². The lowest BCUT2D eigenvalue weighted by atomic mass is 10.1. The van der Waals surface area contributed by atoms with Crippen molar-refractivity contribution in [1.29, 1.82) is 0 Å². The topological polar surface area (TPSA) is 59.3 Å². The number of carbonyl (C=O) groups excluding carboxylic acids is 1. The van der Waals surface area contributed by atoms with Crippen molar-refractivity contribution in [2.24, 2.45) is 7.05 Å². The maximum atomic E-state index is 12.3. The Morgan fingerprint density at radius 2 is 1.89 bits per heavy atom. The second-order valence-corrected chi connectivity index (χ2v) is 4.56. The molecule has 19 heavy (non-hydrogen) atoms. The van der Waals surface area contributed by atoms with Crippen LogP contribution in [0.25, 0.3) is 0 Å². The molecule has 0 unspecified atom stereocenters. The Balaban J connectivity index is 2.38. The van der Waals surface area contributed by atoms with Gasteiger partial charge in [-0.05, 0) is 24.3 Å². The molecule has 0 fully saturated rings. The third kappa shape index (κ3) is 2.69. The quantitative estimate of drug-likeness (QED) is 0.874. The largest absolute Gasteiger partial charge is 0.481 e. The molecule has 0 bridgehead atoms. The Hall–Kier alpha value is -2.07. The highest BCUT2D eigenvalue weighted by atomic mass is 35.5. The first-order valence-electron chi connectivity index (χ1n) is 5.66. The molecule has 2 aromatic rings. The molecule has 0 aliphatic carbocycles. The Kier molecular flexibility index (Phi) is 3.71. The summed E-state index contributed by atoms with van der Waals surface area (Å²) in [5.74, 6) is -1.15. The van der Waals surface area contributed by atoms with Gasteiger partial charge >= 0.3 is 5.97 Å². The summed E-state index contributed by atoms with van der Waals surface area (Å²) in [6, 6.07) is 10.0. The Morgan fingerprint density at radius 1 is 1.21 bits per heavy atom. The van der Waals surface area contributed by atoms with Crippen LogP contribution in [-0.4, -0.2) is 21.4 Å². The lowest BCUT2D eigenvalue weighted by Crippen LogP contribution is -2.11. The van der Waals surface area contributed by atoms with Crippen LogP contribution in [0.5, 0.6) is 0 Å². The lowest BCUT2D eigenvalue weighted by molar-refractivity contribution is -0.136. The van der Waals surface area contributed by atoms with E-state index in [0.29, 0.717) is 22.0 Å². The van der Waals surface area contributed by atoms with E-state index in [1.807, 2.05) is 0 Å². The first-order chi connectivity index (χ1) is 9.00. The van der Waals surface area contributed by atoms with Crippen LogP contribution in [-0.2, 0) is 18.3 Å². The summed E-state index contributed by atoms with van der Waals surface area (Å²) >= 11 is 5.99. The predicted octanol–water partition coefficient (Wildman–Crippen LogP) is 2.54. The second-order valence-electron chi connectivity index (χ2n) is 4.15. The smallest absolute Gasteiger partial charge is 0.309 e. The zero-order chi connectivity index (χ0) is 14.0. The SMILES string of the molecule is Cn1c(CC(=O)O)ccc1C(=O)c1ccccc1Cl. The molecule has 0 saturated carbocycles. The number of aromatic nitrogens is 1. The zero-order valence-electron chi connectivity index (χ0n) is 10.3. The van der Waals surface area contributed by atoms with Gasteiger partial charge in [-0.3, -0.25) is 9.59 Å². The Bertz CT molecular complexity index is 646. The van der Waals surface area contributed by atoms with Crippen molar-refractivity contribution >= 4 is 23.4 Å². The number of hydrogen-bond donors (Lipinski definition) is 1. The molecule has 2 rings (SSSR count). The summed E-state index contributed by atoms with van der Waals surface area (Å²) in [7, 11) is 1.67. The standard InChI is InChI=1S/C14H12ClNO3/c1-16-9(8-13(17)18)6-7-12(16)14(19)10-4-2-3-5-11(10)15/h2-7H,8H2,1H3,(H,17,18). The number of halogens is 1. The number of carbonyl (C=O) groups is 2. The van der Waals surface area contributed by atoms with Crippen LogP contribution in [0, 0.1) is 0 Å². The number of ketones is 1. The molecule has 0 amide bonds. The van der Waals surface area contributed by atoms with Crippen LogP contribution < -0.4 is 0 Å². The van der Waals surface area contributed by atoms with E-state index < -0.39 is 5.97 Å². The van der Waals surface area contributed by atoms with Crippen molar-refractivity contribution < 1.29 is 14.7 Å². The van der Waals surface area contributed by atoms with Crippen LogP contribution in [0.2, 0.25) is 5.02 Å². The molecular formula is C14H12ClNO3. The molecule has 0 saturated heterocycles. The molecule has 1 N–H and O–H groups in total. The van der Waals surface area contributed by atoms with Crippen molar-refractivity contribution in [3.8, 4) is 0 Å². The molecule has 4 nitrogen and oxygen atoms in total. The minimum absolute atomic E-state index is 0.119. The molecule has 98 valence electrons. The van der Waals surface area contributed by atoms with Crippen LogP contribution in [0.1, 0.15) is 21.7 Å². The fourth-order valence-corrected chi connectivity index (χ4v) is 2.12. The van der Waals surface area contributed by atoms with Crippen molar-refractivity contribution in [2.75, 3.05) is 0 Å². The molecule has 0 atom stereocenters. The van der Waals surface area contributed by atoms with E-state index in [1.54, 1.807) is 48.0 Å². The number of carboxylic acids is 1. The monoisotopic (exact) mass is 277 g/mol. The maximum Gasteiger partial charge on any atom is 0.309 e. The van der Waals surface area contributed by atoms with Crippen LogP contribution in [0.15, 0.2) is 36.4 Å². The van der Waals surface area contributed by atoms with Crippen molar-refractivity contribution in [3.05, 3.63) is 58.4 Å². The van der Waals surface area contributed by atoms with E-state index in [2.05, 4.69) is 0 Å². The molecule has 0 aliphatic rings. The fourth-order valence-electron chi connectivity index (χ4n) is 1.90. The minimum atomic E-state index is -0.932. The van der Waals surface area contributed by atoms with E-state index in [-0.39, 0.29) is 12.2 Å². The number of rotatable bonds is 4. The van der Waals surface area contributed by atoms with Gasteiger partial charge in [0.15, 0.2) is 0 Å². The fraction of sp³-hybridized carbons (Fsp3) is 0.143. The van der Waals surface area contributed by atoms with Gasteiger partial charge in [0, 0.05) is 18.3 Å². The second kappa shape index (κ2) is 5.28. The van der Waals surface area contributed by atoms with Crippen LogP contribution in [0.3, 0.4) is 0 Å². The van der Waals surface area contributed by atoms with E-state index in [0.717, 1.165) is 0 Å². The normalized spacial score (nSPS) is 10.4. The van der Waals surface area contributed by atoms with Crippen molar-refractivity contribution in [2.45, 2.75) is 6.42 Å². The summed E-state index contributed by atoms with van der Waals surface area (Å²) in [5.41, 5.74) is 1.40. The summed E-state index contributed by atoms with van der Waals surface area (Å²) in [4.78, 5) is 23.0. The van der Waals surface area contributed by atoms with Gasteiger partial charge in [-0.1, -0.05) is 23.7 Å². The molecule has 1 aromatic heterocycles. The average molecular weight is 278 g/mol. The highest BCUT2D eigenvalue weighted by Gasteiger charge is 2.17. The summed E-state index contributed by atoms with van der Waals surface area (Å²) in [5, 5.41) is 9.16. The van der Waals surface area contributed by atoms with Gasteiger partial charge in [0.1, 0.15) is 0 Å². The van der Waals surface area contributed by atoms with Gasteiger partial charge in [0.25, 0.3) is 0 Å². The van der Waals surface area contributed by atoms with Gasteiger partial charge in [0.2, 0.25) is 5.78 Å². The van der Waals surface area contributed by atoms with Gasteiger partial charge in [-0.25, -0.2) is 0 Å². The van der Waals surface area contributed by atoms with Crippen molar-refractivity contribution in [3.63, 3.8) is 0 Å². The predicted molar refractivity (Wildman–Crippen MR) is 71.6 cm³/mol. The molecule has 0 aliphatic heterocycles. The van der Waals surface area contributed by atoms with Gasteiger partial charge in [-0.2, -0.15) is 0 Å². The number of benzene rings is 1. The highest BCUT2D eigenvalue weighted by Crippen LogP contribution is 2.20. The first-order valence-corrected chi connectivity index (χ1v) is 6.04. The Labute approximate surface area is 115 Å². The molecule has 0 radical (unpaired) electrons. The lowest BCUT2D eigenvalue weighted by Gasteiger charge is -2.07. The summed E-state index contributed by atoms with van der Waals surface area (Å²) < 4.78 is 1.58. The molecular weight excluding hydrogens is 266 g/mol. The third-order valence-electron chi connectivity index (χ3n) is 2.91. The molecule has 1 aromatic carbocycles. The van der Waals surface area contributed by atoms with E-state index in [9.17, 15) is 9.59 Å². The van der Waals surface area contributed by atoms with Gasteiger partial charge < -0.3 is 9.67 Å². The Morgan fingerprint density at radius 3 is 2.53 bits per heavy atom. The van der Waals surface area contributed by atoms with Crippen LogP contribution >= 0.6 is 11.6 Å². The molecule has 0 spiro atoms. The number of nitrogens with zero attached hydrogens (tertiary/aromatic N) is 1. The van der Waals surface area contributed by atoms with Crippen LogP contribution in [0.4, 0.5) is 0 Å². The molecule has 1 heterocycles. The third-order valence-corrected chi connectivity index (χ3v) is 3.24. The minimum Gasteiger partial charge on any atom is -0.481 e. The van der Waals surface area contributed by atoms with Crippen molar-refractivity contribution in [1.82, 2.24) is 4.57 Å². The molecule has 5 heteroatoms. The maximum absolute atomic E-state index is 12.3. The van der Waals surface area contributed by atoms with E-state index in [1.165, 1.54) is 0 Å². The highest BCUT2D eigenvalue weighted by molar-refractivity contribution is 6.34. The van der Waals surface area contributed by atoms with Gasteiger partial charge in [-0.15, -0.1) is 0 Å². The average Bonchev–Trinajstić information content (AvgIpc) is 2.70. The number of carboxylic acid groups (broad SMARTS) is 1. The summed E-state index contributed by atoms with van der Waals surface area (Å²) in [6.07, 6.45) is -0.119.